The van der Waals surface area contributed by atoms with Crippen molar-refractivity contribution in [2.75, 3.05) is 5.32 Å². The Hall–Kier alpha value is -1.74. The molecule has 0 fully saturated rings. The number of nitrogens with one attached hydrogen (secondary N) is 1. The van der Waals surface area contributed by atoms with Crippen LogP contribution in [0.1, 0.15) is 20.8 Å². The summed E-state index contributed by atoms with van der Waals surface area (Å²) in [5.74, 6) is -2.32. The molecular weight excluding hydrogens is 344 g/mol. The number of anilines is 1. The third kappa shape index (κ3) is 5.14. The van der Waals surface area contributed by atoms with Gasteiger partial charge in [0.1, 0.15) is 0 Å². The standard InChI is InChI=1S/C14H15F2N3O2S2/c1-7(2)21-13-18-19-14(23-13)22-8(3)12(20)17-9-4-5-10(15)11(16)6-9/h4-8H,1-3H3,(H,17,20). The van der Waals surface area contributed by atoms with Crippen molar-refractivity contribution in [3.63, 3.8) is 0 Å². The van der Waals surface area contributed by atoms with E-state index in [1.807, 2.05) is 13.8 Å². The first-order valence-corrected chi connectivity index (χ1v) is 8.47. The van der Waals surface area contributed by atoms with Crippen molar-refractivity contribution >= 4 is 34.7 Å². The molecule has 2 aromatic rings. The minimum absolute atomic E-state index is 0.00473. The van der Waals surface area contributed by atoms with Crippen molar-refractivity contribution in [3.8, 4) is 5.19 Å². The number of rotatable bonds is 6. The number of nitrogens with zero attached hydrogens (tertiary/aromatic N) is 2. The smallest absolute Gasteiger partial charge is 0.295 e. The predicted octanol–water partition coefficient (Wildman–Crippen LogP) is 3.72. The van der Waals surface area contributed by atoms with E-state index in [0.717, 1.165) is 12.1 Å². The predicted molar refractivity (Wildman–Crippen MR) is 86.0 cm³/mol. The monoisotopic (exact) mass is 359 g/mol. The van der Waals surface area contributed by atoms with Gasteiger partial charge in [-0.05, 0) is 44.2 Å². The van der Waals surface area contributed by atoms with Crippen LogP contribution in [0.25, 0.3) is 0 Å². The molecule has 124 valence electrons. The number of carbonyl (C=O) groups is 1. The third-order valence-electron chi connectivity index (χ3n) is 2.56. The fourth-order valence-electron chi connectivity index (χ4n) is 1.52. The minimum Gasteiger partial charge on any atom is -0.466 e. The fraction of sp³-hybridized carbons (Fsp3) is 0.357. The zero-order valence-corrected chi connectivity index (χ0v) is 14.3. The lowest BCUT2D eigenvalue weighted by Crippen LogP contribution is -2.22. The fourth-order valence-corrected chi connectivity index (χ4v) is 3.47. The van der Waals surface area contributed by atoms with Crippen molar-refractivity contribution in [1.29, 1.82) is 0 Å². The van der Waals surface area contributed by atoms with Gasteiger partial charge >= 0.3 is 0 Å². The van der Waals surface area contributed by atoms with E-state index < -0.39 is 16.9 Å². The van der Waals surface area contributed by atoms with Gasteiger partial charge in [0.2, 0.25) is 5.91 Å². The number of ether oxygens (including phenoxy) is 1. The number of benzene rings is 1. The van der Waals surface area contributed by atoms with Crippen molar-refractivity contribution in [2.24, 2.45) is 0 Å². The van der Waals surface area contributed by atoms with Crippen molar-refractivity contribution in [2.45, 2.75) is 36.5 Å². The number of hydrogen-bond donors (Lipinski definition) is 1. The van der Waals surface area contributed by atoms with Crippen LogP contribution in [0.2, 0.25) is 0 Å². The molecule has 1 N–H and O–H groups in total. The normalized spacial score (nSPS) is 12.3. The lowest BCUT2D eigenvalue weighted by atomic mass is 10.3. The van der Waals surface area contributed by atoms with Gasteiger partial charge in [0.05, 0.1) is 11.4 Å². The molecule has 0 radical (unpaired) electrons. The van der Waals surface area contributed by atoms with Gasteiger partial charge in [0.25, 0.3) is 5.19 Å². The van der Waals surface area contributed by atoms with Crippen LogP contribution in [0, 0.1) is 11.6 Å². The summed E-state index contributed by atoms with van der Waals surface area (Å²) in [7, 11) is 0. The summed E-state index contributed by atoms with van der Waals surface area (Å²) in [4.78, 5) is 12.1. The van der Waals surface area contributed by atoms with Crippen LogP contribution < -0.4 is 10.1 Å². The summed E-state index contributed by atoms with van der Waals surface area (Å²) in [5.41, 5.74) is 0.197. The summed E-state index contributed by atoms with van der Waals surface area (Å²) in [5, 5.41) is 10.3. The second-order valence-corrected chi connectivity index (χ2v) is 7.41. The van der Waals surface area contributed by atoms with Gasteiger partial charge in [-0.15, -0.1) is 5.10 Å². The molecule has 1 atom stereocenters. The molecule has 5 nitrogen and oxygen atoms in total. The average Bonchev–Trinajstić information content (AvgIpc) is 2.89. The van der Waals surface area contributed by atoms with Gasteiger partial charge < -0.3 is 10.1 Å². The molecule has 1 unspecified atom stereocenters. The molecule has 0 aliphatic carbocycles. The highest BCUT2D eigenvalue weighted by atomic mass is 32.2. The number of carbonyl (C=O) groups excluding carboxylic acids is 1. The quantitative estimate of drug-likeness (QED) is 0.797. The van der Waals surface area contributed by atoms with Crippen LogP contribution in [0.5, 0.6) is 5.19 Å². The summed E-state index contributed by atoms with van der Waals surface area (Å²) < 4.78 is 32.0. The van der Waals surface area contributed by atoms with Crippen LogP contribution >= 0.6 is 23.1 Å². The first-order chi connectivity index (χ1) is 10.8. The average molecular weight is 359 g/mol. The molecule has 9 heteroatoms. The third-order valence-corrected chi connectivity index (χ3v) is 4.56. The van der Waals surface area contributed by atoms with Gasteiger partial charge in [-0.1, -0.05) is 16.9 Å². The largest absolute Gasteiger partial charge is 0.466 e. The molecule has 2 rings (SSSR count). The summed E-state index contributed by atoms with van der Waals surface area (Å²) in [6, 6.07) is 3.19. The van der Waals surface area contributed by atoms with E-state index in [1.54, 1.807) is 6.92 Å². The van der Waals surface area contributed by atoms with Gasteiger partial charge in [-0.3, -0.25) is 4.79 Å². The maximum atomic E-state index is 13.1. The molecule has 23 heavy (non-hydrogen) atoms. The Morgan fingerprint density at radius 3 is 2.65 bits per heavy atom. The molecule has 0 bridgehead atoms. The van der Waals surface area contributed by atoms with Gasteiger partial charge in [-0.25, -0.2) is 8.78 Å². The zero-order valence-electron chi connectivity index (χ0n) is 12.7. The van der Waals surface area contributed by atoms with E-state index >= 15 is 0 Å². The number of halogens is 2. The van der Waals surface area contributed by atoms with E-state index in [1.165, 1.54) is 29.2 Å². The second kappa shape index (κ2) is 7.69. The Bertz CT molecular complexity index is 694. The van der Waals surface area contributed by atoms with E-state index in [9.17, 15) is 13.6 Å². The van der Waals surface area contributed by atoms with Gasteiger partial charge in [-0.2, -0.15) is 0 Å². The van der Waals surface area contributed by atoms with Crippen LogP contribution in [-0.2, 0) is 4.79 Å². The van der Waals surface area contributed by atoms with Gasteiger partial charge in [0, 0.05) is 11.8 Å². The Morgan fingerprint density at radius 1 is 1.26 bits per heavy atom. The van der Waals surface area contributed by atoms with E-state index in [-0.39, 0.29) is 17.7 Å². The highest BCUT2D eigenvalue weighted by Crippen LogP contribution is 2.31. The molecule has 1 amide bonds. The van der Waals surface area contributed by atoms with Gasteiger partial charge in [0.15, 0.2) is 16.0 Å². The molecular formula is C14H15F2N3O2S2. The van der Waals surface area contributed by atoms with E-state index in [0.29, 0.717) is 9.53 Å². The van der Waals surface area contributed by atoms with E-state index in [4.69, 9.17) is 4.74 Å². The van der Waals surface area contributed by atoms with Crippen LogP contribution in [0.15, 0.2) is 22.5 Å². The maximum Gasteiger partial charge on any atom is 0.295 e. The first kappa shape index (κ1) is 17.6. The topological polar surface area (TPSA) is 64.1 Å². The van der Waals surface area contributed by atoms with Crippen LogP contribution in [0.3, 0.4) is 0 Å². The van der Waals surface area contributed by atoms with Crippen molar-refractivity contribution < 1.29 is 18.3 Å². The zero-order chi connectivity index (χ0) is 17.0. The molecule has 0 spiro atoms. The minimum atomic E-state index is -1.01. The molecule has 1 aromatic heterocycles. The Balaban J connectivity index is 1.94. The highest BCUT2D eigenvalue weighted by molar-refractivity contribution is 8.02. The first-order valence-electron chi connectivity index (χ1n) is 6.78. The van der Waals surface area contributed by atoms with Crippen LogP contribution in [-0.4, -0.2) is 27.5 Å². The molecule has 0 aliphatic rings. The summed E-state index contributed by atoms with van der Waals surface area (Å²) in [6.07, 6.45) is -0.00473. The Labute approximate surface area is 140 Å². The highest BCUT2D eigenvalue weighted by Gasteiger charge is 2.18. The molecule has 1 heterocycles. The second-order valence-electron chi connectivity index (χ2n) is 4.88. The van der Waals surface area contributed by atoms with Crippen molar-refractivity contribution in [1.82, 2.24) is 10.2 Å². The van der Waals surface area contributed by atoms with Crippen molar-refractivity contribution in [3.05, 3.63) is 29.8 Å². The molecule has 1 aromatic carbocycles. The SMILES string of the molecule is CC(C)Oc1nnc(SC(C)C(=O)Nc2ccc(F)c(F)c2)s1. The number of hydrogen-bond acceptors (Lipinski definition) is 6. The number of thioether (sulfide) groups is 1. The van der Waals surface area contributed by atoms with E-state index in [2.05, 4.69) is 15.5 Å². The Kier molecular flexibility index (Phi) is 5.89. The number of aromatic nitrogens is 2. The molecule has 0 aliphatic heterocycles. The molecule has 0 saturated carbocycles. The lowest BCUT2D eigenvalue weighted by Gasteiger charge is -2.10. The number of amides is 1. The Morgan fingerprint density at radius 2 is 2.00 bits per heavy atom. The van der Waals surface area contributed by atoms with Crippen LogP contribution in [0.4, 0.5) is 14.5 Å². The molecule has 0 saturated heterocycles. The summed E-state index contributed by atoms with van der Waals surface area (Å²) in [6.45, 7) is 5.45. The summed E-state index contributed by atoms with van der Waals surface area (Å²) >= 11 is 2.46. The maximum absolute atomic E-state index is 13.1. The lowest BCUT2D eigenvalue weighted by molar-refractivity contribution is -0.115.